The van der Waals surface area contributed by atoms with Crippen molar-refractivity contribution in [2.75, 3.05) is 17.1 Å². The molecule has 0 bridgehead atoms. The minimum Gasteiger partial charge on any atom is -0.352 e. The molecule has 3 rings (SSSR count). The Balaban J connectivity index is 2.07. The smallest absolute Gasteiger partial charge is 0.244 e. The first kappa shape index (κ1) is 31.2. The lowest BCUT2D eigenvalue weighted by Gasteiger charge is -2.34. The van der Waals surface area contributed by atoms with Gasteiger partial charge in [-0.05, 0) is 56.0 Å². The van der Waals surface area contributed by atoms with Crippen LogP contribution in [0.25, 0.3) is 0 Å². The molecular formula is C31H38ClN3O4S. The number of hydrogen-bond donors (Lipinski definition) is 1. The third kappa shape index (κ3) is 8.57. The summed E-state index contributed by atoms with van der Waals surface area (Å²) in [5.74, 6) is -0.785. The van der Waals surface area contributed by atoms with E-state index in [0.717, 1.165) is 39.2 Å². The van der Waals surface area contributed by atoms with Crippen LogP contribution in [0.5, 0.6) is 0 Å². The highest BCUT2D eigenvalue weighted by Crippen LogP contribution is 2.26. The van der Waals surface area contributed by atoms with Crippen molar-refractivity contribution in [3.05, 3.63) is 100 Å². The van der Waals surface area contributed by atoms with E-state index in [-0.39, 0.29) is 30.6 Å². The molecule has 40 heavy (non-hydrogen) atoms. The maximum atomic E-state index is 14.1. The van der Waals surface area contributed by atoms with Gasteiger partial charge in [0.15, 0.2) is 0 Å². The lowest BCUT2D eigenvalue weighted by atomic mass is 10.0. The summed E-state index contributed by atoms with van der Waals surface area (Å²) in [7, 11) is -3.86. The van der Waals surface area contributed by atoms with E-state index in [1.165, 1.54) is 11.0 Å². The molecule has 7 nitrogen and oxygen atoms in total. The molecule has 0 saturated carbocycles. The highest BCUT2D eigenvalue weighted by Gasteiger charge is 2.33. The van der Waals surface area contributed by atoms with E-state index in [0.29, 0.717) is 5.02 Å². The summed E-state index contributed by atoms with van der Waals surface area (Å²) in [6.45, 7) is 7.32. The second-order valence-electron chi connectivity index (χ2n) is 10.2. The van der Waals surface area contributed by atoms with Gasteiger partial charge in [-0.15, -0.1) is 0 Å². The monoisotopic (exact) mass is 583 g/mol. The molecule has 0 spiro atoms. The Morgan fingerprint density at radius 1 is 0.950 bits per heavy atom. The number of carbonyl (C=O) groups excluding carboxylic acids is 2. The van der Waals surface area contributed by atoms with Gasteiger partial charge in [0.1, 0.15) is 12.6 Å². The van der Waals surface area contributed by atoms with E-state index in [1.807, 2.05) is 82.3 Å². The second kappa shape index (κ2) is 13.8. The van der Waals surface area contributed by atoms with Gasteiger partial charge in [0.25, 0.3) is 0 Å². The average Bonchev–Trinajstić information content (AvgIpc) is 2.90. The highest BCUT2D eigenvalue weighted by molar-refractivity contribution is 7.92. The molecule has 2 amide bonds. The summed E-state index contributed by atoms with van der Waals surface area (Å²) in [5.41, 5.74) is 3.81. The highest BCUT2D eigenvalue weighted by atomic mass is 35.5. The van der Waals surface area contributed by atoms with E-state index < -0.39 is 28.5 Å². The molecule has 0 unspecified atom stereocenters. The Bertz CT molecular complexity index is 1430. The Labute approximate surface area is 243 Å². The van der Waals surface area contributed by atoms with Gasteiger partial charge in [0, 0.05) is 24.0 Å². The van der Waals surface area contributed by atoms with Crippen LogP contribution >= 0.6 is 11.6 Å². The van der Waals surface area contributed by atoms with Crippen LogP contribution in [0, 0.1) is 13.8 Å². The number of sulfonamides is 1. The van der Waals surface area contributed by atoms with Crippen LogP contribution in [-0.4, -0.2) is 50.0 Å². The fourth-order valence-corrected chi connectivity index (χ4v) is 5.37. The largest absolute Gasteiger partial charge is 0.352 e. The minimum atomic E-state index is -3.86. The van der Waals surface area contributed by atoms with Crippen molar-refractivity contribution < 1.29 is 18.0 Å². The molecule has 9 heteroatoms. The van der Waals surface area contributed by atoms with Crippen LogP contribution in [0.1, 0.15) is 42.5 Å². The van der Waals surface area contributed by atoms with Gasteiger partial charge in [-0.3, -0.25) is 13.9 Å². The normalized spacial score (nSPS) is 12.8. The molecule has 0 heterocycles. The van der Waals surface area contributed by atoms with Crippen molar-refractivity contribution in [1.29, 1.82) is 0 Å². The SMILES string of the molecule is CC[C@H](C)NC(=O)[C@H](Cc1ccccc1)N(Cc1cccc(C)c1)C(=O)CN(c1ccc(C)c(Cl)c1)S(C)(=O)=O. The third-order valence-electron chi connectivity index (χ3n) is 6.83. The van der Waals surface area contributed by atoms with E-state index in [4.69, 9.17) is 11.6 Å². The molecule has 0 aromatic heterocycles. The van der Waals surface area contributed by atoms with E-state index in [2.05, 4.69) is 5.32 Å². The first-order valence-corrected chi connectivity index (χ1v) is 15.5. The van der Waals surface area contributed by atoms with Crippen LogP contribution in [0.2, 0.25) is 5.02 Å². The number of nitrogens with one attached hydrogen (secondary N) is 1. The molecule has 0 aliphatic heterocycles. The molecule has 214 valence electrons. The molecule has 3 aromatic carbocycles. The van der Waals surface area contributed by atoms with Gasteiger partial charge in [-0.2, -0.15) is 0 Å². The number of carbonyl (C=O) groups is 2. The predicted molar refractivity (Wildman–Crippen MR) is 162 cm³/mol. The summed E-state index contributed by atoms with van der Waals surface area (Å²) in [4.78, 5) is 29.3. The van der Waals surface area contributed by atoms with Crippen molar-refractivity contribution in [3.63, 3.8) is 0 Å². The summed E-state index contributed by atoms with van der Waals surface area (Å²) >= 11 is 6.30. The Morgan fingerprint density at radius 2 is 1.62 bits per heavy atom. The maximum absolute atomic E-state index is 14.1. The zero-order valence-electron chi connectivity index (χ0n) is 23.7. The number of anilines is 1. The quantitative estimate of drug-likeness (QED) is 0.314. The fraction of sp³-hybridized carbons (Fsp3) is 0.355. The summed E-state index contributed by atoms with van der Waals surface area (Å²) in [5, 5.41) is 3.42. The number of halogens is 1. The van der Waals surface area contributed by atoms with Crippen LogP contribution in [0.3, 0.4) is 0 Å². The minimum absolute atomic E-state index is 0.0936. The number of nitrogens with zero attached hydrogens (tertiary/aromatic N) is 2. The molecule has 1 N–H and O–H groups in total. The summed E-state index contributed by atoms with van der Waals surface area (Å²) < 4.78 is 26.8. The van der Waals surface area contributed by atoms with Crippen molar-refractivity contribution in [2.45, 2.75) is 59.2 Å². The average molecular weight is 584 g/mol. The molecule has 0 saturated heterocycles. The molecule has 0 radical (unpaired) electrons. The first-order valence-electron chi connectivity index (χ1n) is 13.3. The second-order valence-corrected chi connectivity index (χ2v) is 12.6. The number of aryl methyl sites for hydroxylation is 2. The predicted octanol–water partition coefficient (Wildman–Crippen LogP) is 5.28. The summed E-state index contributed by atoms with van der Waals surface area (Å²) in [6.07, 6.45) is 2.05. The zero-order chi connectivity index (χ0) is 29.4. The van der Waals surface area contributed by atoms with Crippen LogP contribution in [0.4, 0.5) is 5.69 Å². The van der Waals surface area contributed by atoms with E-state index >= 15 is 0 Å². The van der Waals surface area contributed by atoms with Gasteiger partial charge in [0.2, 0.25) is 21.8 Å². The first-order chi connectivity index (χ1) is 18.9. The molecule has 3 aromatic rings. The number of rotatable bonds is 12. The molecule has 0 fully saturated rings. The molecule has 0 aliphatic carbocycles. The fourth-order valence-electron chi connectivity index (χ4n) is 4.35. The van der Waals surface area contributed by atoms with Crippen molar-refractivity contribution in [1.82, 2.24) is 10.2 Å². The molecular weight excluding hydrogens is 546 g/mol. The van der Waals surface area contributed by atoms with Gasteiger partial charge in [-0.1, -0.05) is 84.8 Å². The van der Waals surface area contributed by atoms with Crippen molar-refractivity contribution in [2.24, 2.45) is 0 Å². The van der Waals surface area contributed by atoms with Crippen LogP contribution < -0.4 is 9.62 Å². The standard InChI is InChI=1S/C31H38ClN3O4S/c1-6-24(4)33-31(37)29(18-25-12-8-7-9-13-25)34(20-26-14-10-11-22(2)17-26)30(36)21-35(40(5,38)39)27-16-15-23(3)28(32)19-27/h7-17,19,24,29H,6,18,20-21H2,1-5H3,(H,33,37)/t24-,29-/m0/s1. The molecule has 2 atom stereocenters. The maximum Gasteiger partial charge on any atom is 0.244 e. The summed E-state index contributed by atoms with van der Waals surface area (Å²) in [6, 6.07) is 21.1. The zero-order valence-corrected chi connectivity index (χ0v) is 25.3. The Kier molecular flexibility index (Phi) is 10.8. The lowest BCUT2D eigenvalue weighted by Crippen LogP contribution is -2.54. The number of amides is 2. The topological polar surface area (TPSA) is 86.8 Å². The Hall–Kier alpha value is -3.36. The van der Waals surface area contributed by atoms with E-state index in [9.17, 15) is 18.0 Å². The number of hydrogen-bond acceptors (Lipinski definition) is 4. The van der Waals surface area contributed by atoms with Gasteiger partial charge < -0.3 is 10.2 Å². The lowest BCUT2D eigenvalue weighted by molar-refractivity contribution is -0.140. The van der Waals surface area contributed by atoms with Crippen molar-refractivity contribution >= 4 is 39.1 Å². The van der Waals surface area contributed by atoms with Crippen LogP contribution in [-0.2, 0) is 32.6 Å². The molecule has 0 aliphatic rings. The van der Waals surface area contributed by atoms with Gasteiger partial charge in [0.05, 0.1) is 11.9 Å². The van der Waals surface area contributed by atoms with Crippen LogP contribution in [0.15, 0.2) is 72.8 Å². The Morgan fingerprint density at radius 3 is 2.23 bits per heavy atom. The third-order valence-corrected chi connectivity index (χ3v) is 8.38. The number of benzene rings is 3. The van der Waals surface area contributed by atoms with Gasteiger partial charge in [-0.25, -0.2) is 8.42 Å². The van der Waals surface area contributed by atoms with E-state index in [1.54, 1.807) is 12.1 Å². The van der Waals surface area contributed by atoms with Gasteiger partial charge >= 0.3 is 0 Å². The van der Waals surface area contributed by atoms with Crippen molar-refractivity contribution in [3.8, 4) is 0 Å².